The first kappa shape index (κ1) is 21.2. The summed E-state index contributed by atoms with van der Waals surface area (Å²) in [5.41, 5.74) is 2.62. The molecule has 0 bridgehead atoms. The topological polar surface area (TPSA) is 144 Å². The fraction of sp³-hybridized carbons (Fsp3) is 0.316. The number of halogens is 2. The minimum atomic E-state index is -1.25. The summed E-state index contributed by atoms with van der Waals surface area (Å²) in [4.78, 5) is 12.9. The van der Waals surface area contributed by atoms with E-state index in [1.165, 1.54) is 17.2 Å². The van der Waals surface area contributed by atoms with Gasteiger partial charge >= 0.3 is 0 Å². The smallest absolute Gasteiger partial charge is 0.166 e. The fourth-order valence-electron chi connectivity index (χ4n) is 3.64. The monoisotopic (exact) mass is 477 g/mol. The molecule has 11 nitrogen and oxygen atoms in total. The van der Waals surface area contributed by atoms with Gasteiger partial charge in [0.1, 0.15) is 41.5 Å². The summed E-state index contributed by atoms with van der Waals surface area (Å²) in [7, 11) is 0. The number of nitrogens with zero attached hydrogens (tertiary/aromatic N) is 7. The van der Waals surface area contributed by atoms with Gasteiger partial charge in [-0.1, -0.05) is 34.5 Å². The van der Waals surface area contributed by atoms with Crippen LogP contribution in [0, 0.1) is 0 Å². The molecule has 1 aliphatic rings. The second-order valence-corrected chi connectivity index (χ2v) is 8.14. The van der Waals surface area contributed by atoms with Crippen LogP contribution < -0.4 is 0 Å². The van der Waals surface area contributed by atoms with Crippen molar-refractivity contribution in [2.75, 3.05) is 6.61 Å². The van der Waals surface area contributed by atoms with Crippen LogP contribution >= 0.6 is 23.2 Å². The van der Waals surface area contributed by atoms with E-state index in [1.54, 1.807) is 23.0 Å². The molecular formula is C19H17Cl2N7O4. The maximum atomic E-state index is 10.3. The van der Waals surface area contributed by atoms with Crippen molar-refractivity contribution in [2.45, 2.75) is 31.1 Å². The lowest BCUT2D eigenvalue weighted by molar-refractivity contribution is -0.0511. The molecule has 166 valence electrons. The van der Waals surface area contributed by atoms with Gasteiger partial charge in [-0.2, -0.15) is 0 Å². The molecule has 0 unspecified atom stereocenters. The Bertz CT molecular complexity index is 1280. The molecule has 0 amide bonds. The number of aliphatic hydroxyl groups is 3. The quantitative estimate of drug-likeness (QED) is 0.383. The number of aliphatic hydroxyl groups excluding tert-OH is 3. The zero-order chi connectivity index (χ0) is 22.4. The summed E-state index contributed by atoms with van der Waals surface area (Å²) >= 11 is 12.0. The lowest BCUT2D eigenvalue weighted by atomic mass is 10.1. The molecule has 0 radical (unpaired) electrons. The van der Waals surface area contributed by atoms with Gasteiger partial charge in [0.25, 0.3) is 0 Å². The van der Waals surface area contributed by atoms with Gasteiger partial charge in [0.05, 0.1) is 35.7 Å². The molecule has 4 atom stereocenters. The third-order valence-electron chi connectivity index (χ3n) is 5.26. The number of benzene rings is 1. The molecule has 1 aliphatic heterocycles. The maximum absolute atomic E-state index is 10.3. The van der Waals surface area contributed by atoms with Crippen molar-refractivity contribution in [2.24, 2.45) is 0 Å². The third kappa shape index (κ3) is 3.62. The predicted octanol–water partition coefficient (Wildman–Crippen LogP) is 1.05. The lowest BCUT2D eigenvalue weighted by Gasteiger charge is -2.16. The van der Waals surface area contributed by atoms with Gasteiger partial charge < -0.3 is 20.1 Å². The molecule has 3 N–H and O–H groups in total. The van der Waals surface area contributed by atoms with Crippen molar-refractivity contribution in [1.82, 2.24) is 34.5 Å². The Morgan fingerprint density at radius 3 is 2.66 bits per heavy atom. The average Bonchev–Trinajstić information content (AvgIpc) is 3.49. The number of hydrogen-bond acceptors (Lipinski definition) is 9. The summed E-state index contributed by atoms with van der Waals surface area (Å²) < 4.78 is 8.70. The molecule has 0 saturated carbocycles. The van der Waals surface area contributed by atoms with Crippen molar-refractivity contribution in [3.05, 3.63) is 52.7 Å². The highest BCUT2D eigenvalue weighted by Crippen LogP contribution is 2.32. The summed E-state index contributed by atoms with van der Waals surface area (Å²) in [5.74, 6) is 0. The lowest BCUT2D eigenvalue weighted by Crippen LogP contribution is -2.33. The molecule has 1 aromatic carbocycles. The van der Waals surface area contributed by atoms with Crippen LogP contribution in [0.3, 0.4) is 0 Å². The van der Waals surface area contributed by atoms with Crippen LogP contribution in [0.25, 0.3) is 22.6 Å². The van der Waals surface area contributed by atoms with Crippen LogP contribution in [-0.4, -0.2) is 74.8 Å². The van der Waals surface area contributed by atoms with E-state index in [9.17, 15) is 15.3 Å². The van der Waals surface area contributed by atoms with Crippen LogP contribution in [0.2, 0.25) is 10.0 Å². The van der Waals surface area contributed by atoms with Gasteiger partial charge in [0, 0.05) is 0 Å². The number of aromatic nitrogens is 7. The summed E-state index contributed by atoms with van der Waals surface area (Å²) in [6, 6.07) is 5.33. The van der Waals surface area contributed by atoms with Gasteiger partial charge in [-0.25, -0.2) is 19.6 Å². The molecule has 4 heterocycles. The van der Waals surface area contributed by atoms with Crippen molar-refractivity contribution in [3.8, 4) is 11.4 Å². The van der Waals surface area contributed by atoms with Gasteiger partial charge in [0.15, 0.2) is 11.9 Å². The molecule has 1 saturated heterocycles. The van der Waals surface area contributed by atoms with E-state index in [4.69, 9.17) is 27.9 Å². The van der Waals surface area contributed by atoms with E-state index in [0.717, 1.165) is 5.56 Å². The highest BCUT2D eigenvalue weighted by atomic mass is 35.5. The van der Waals surface area contributed by atoms with Crippen LogP contribution in [0.15, 0.2) is 37.1 Å². The largest absolute Gasteiger partial charge is 0.394 e. The minimum Gasteiger partial charge on any atom is -0.394 e. The standard InChI is InChI=1S/C19H17Cl2N7O4/c20-10-2-1-9(3-11(10)21)4-27-5-12(25-26-27)14-15-18(23-7-22-14)28(8-24-15)19-17(31)16(30)13(6-29)32-19/h1-3,5,7-8,13,16-17,19,29-31H,4,6H2/t13-,16-,17-,19-/m1/s1. The highest BCUT2D eigenvalue weighted by molar-refractivity contribution is 6.42. The molecule has 1 fully saturated rings. The number of hydrogen-bond donors (Lipinski definition) is 3. The Labute approximate surface area is 190 Å². The zero-order valence-corrected chi connectivity index (χ0v) is 17.8. The van der Waals surface area contributed by atoms with Crippen LogP contribution in [0.4, 0.5) is 0 Å². The van der Waals surface area contributed by atoms with Crippen LogP contribution in [-0.2, 0) is 11.3 Å². The van der Waals surface area contributed by atoms with Gasteiger partial charge in [-0.3, -0.25) is 4.57 Å². The molecule has 0 aliphatic carbocycles. The predicted molar refractivity (Wildman–Crippen MR) is 113 cm³/mol. The Morgan fingerprint density at radius 1 is 1.06 bits per heavy atom. The number of fused-ring (bicyclic) bond motifs is 1. The normalized spacial score (nSPS) is 23.3. The van der Waals surface area contributed by atoms with Crippen LogP contribution in [0.5, 0.6) is 0 Å². The number of rotatable bonds is 5. The van der Waals surface area contributed by atoms with Crippen molar-refractivity contribution < 1.29 is 20.1 Å². The highest BCUT2D eigenvalue weighted by Gasteiger charge is 2.44. The Balaban J connectivity index is 1.45. The first-order valence-corrected chi connectivity index (χ1v) is 10.4. The van der Waals surface area contributed by atoms with Crippen molar-refractivity contribution >= 4 is 34.4 Å². The second-order valence-electron chi connectivity index (χ2n) is 7.33. The first-order chi connectivity index (χ1) is 15.5. The van der Waals surface area contributed by atoms with E-state index >= 15 is 0 Å². The molecular weight excluding hydrogens is 461 g/mol. The fourth-order valence-corrected chi connectivity index (χ4v) is 3.97. The van der Waals surface area contributed by atoms with Crippen molar-refractivity contribution in [1.29, 1.82) is 0 Å². The third-order valence-corrected chi connectivity index (χ3v) is 6.00. The summed E-state index contributed by atoms with van der Waals surface area (Å²) in [6.07, 6.45) is 0.143. The Morgan fingerprint density at radius 2 is 1.91 bits per heavy atom. The summed E-state index contributed by atoms with van der Waals surface area (Å²) in [6.45, 7) is -0.00136. The van der Waals surface area contributed by atoms with E-state index in [0.29, 0.717) is 39.1 Å². The van der Waals surface area contributed by atoms with Gasteiger partial charge in [0.2, 0.25) is 0 Å². The Hall–Kier alpha value is -2.67. The van der Waals surface area contributed by atoms with E-state index in [2.05, 4.69) is 25.3 Å². The molecule has 4 aromatic rings. The number of ether oxygens (including phenoxy) is 1. The van der Waals surface area contributed by atoms with Crippen LogP contribution in [0.1, 0.15) is 11.8 Å². The summed E-state index contributed by atoms with van der Waals surface area (Å²) in [5, 5.41) is 39.0. The maximum Gasteiger partial charge on any atom is 0.166 e. The second kappa shape index (κ2) is 8.35. The average molecular weight is 478 g/mol. The van der Waals surface area contributed by atoms with E-state index in [-0.39, 0.29) is 0 Å². The van der Waals surface area contributed by atoms with Gasteiger partial charge in [-0.05, 0) is 17.7 Å². The molecule has 32 heavy (non-hydrogen) atoms. The number of imidazole rings is 1. The minimum absolute atomic E-state index is 0.379. The molecule has 13 heteroatoms. The van der Waals surface area contributed by atoms with Crippen molar-refractivity contribution in [3.63, 3.8) is 0 Å². The van der Waals surface area contributed by atoms with E-state index < -0.39 is 31.1 Å². The van der Waals surface area contributed by atoms with Gasteiger partial charge in [-0.15, -0.1) is 5.10 Å². The molecule has 3 aromatic heterocycles. The SMILES string of the molecule is OC[C@H]1O[C@@H](n2cnc3c(-c4cn(Cc5ccc(Cl)c(Cl)c5)nn4)ncnc32)[C@H](O)[C@@H]1O. The zero-order valence-electron chi connectivity index (χ0n) is 16.3. The first-order valence-electron chi connectivity index (χ1n) is 9.60. The molecule has 0 spiro atoms. The molecule has 5 rings (SSSR count). The Kier molecular flexibility index (Phi) is 5.53. The van der Waals surface area contributed by atoms with E-state index in [1.807, 2.05) is 6.07 Å².